The van der Waals surface area contributed by atoms with Gasteiger partial charge in [0.1, 0.15) is 22.3 Å². The number of anilines is 1. The number of hydrogen-bond donors (Lipinski definition) is 3. The fraction of sp³-hybridized carbons (Fsp3) is 0.286. The summed E-state index contributed by atoms with van der Waals surface area (Å²) in [7, 11) is 0. The molecule has 0 aliphatic carbocycles. The van der Waals surface area contributed by atoms with E-state index >= 15 is 0 Å². The second-order valence-corrected chi connectivity index (χ2v) is 9.96. The summed E-state index contributed by atoms with van der Waals surface area (Å²) < 4.78 is 19.8. The average molecular weight is 563 g/mol. The lowest BCUT2D eigenvalue weighted by molar-refractivity contribution is -0.152. The largest absolute Gasteiger partial charge is 0.506 e. The molecular formula is C28H29Cl2FN2O5. The topological polar surface area (TPSA) is 99.1 Å². The number of phenols is 1. The molecule has 10 heteroatoms. The monoisotopic (exact) mass is 562 g/mol. The van der Waals surface area contributed by atoms with Gasteiger partial charge in [-0.2, -0.15) is 0 Å². The summed E-state index contributed by atoms with van der Waals surface area (Å²) >= 11 is 12.3. The Morgan fingerprint density at radius 1 is 1.00 bits per heavy atom. The van der Waals surface area contributed by atoms with Crippen molar-refractivity contribution in [3.8, 4) is 11.5 Å². The average Bonchev–Trinajstić information content (AvgIpc) is 2.86. The molecule has 0 bridgehead atoms. The Morgan fingerprint density at radius 2 is 1.68 bits per heavy atom. The number of rotatable bonds is 11. The third kappa shape index (κ3) is 7.76. The van der Waals surface area contributed by atoms with Crippen LogP contribution in [0.15, 0.2) is 60.7 Å². The number of carbonyl (C=O) groups excluding carboxylic acids is 1. The number of nitrogens with zero attached hydrogens (tertiary/aromatic N) is 1. The van der Waals surface area contributed by atoms with Gasteiger partial charge in [0, 0.05) is 23.7 Å². The maximum Gasteiger partial charge on any atom is 0.347 e. The molecule has 0 unspecified atom stereocenters. The predicted octanol–water partition coefficient (Wildman–Crippen LogP) is 6.79. The van der Waals surface area contributed by atoms with Crippen LogP contribution in [0.4, 0.5) is 14.9 Å². The van der Waals surface area contributed by atoms with Crippen LogP contribution in [0.3, 0.4) is 0 Å². The van der Waals surface area contributed by atoms with Gasteiger partial charge >= 0.3 is 12.0 Å². The molecule has 0 spiro atoms. The van der Waals surface area contributed by atoms with Gasteiger partial charge in [-0.15, -0.1) is 0 Å². The quantitative estimate of drug-likeness (QED) is 0.239. The Morgan fingerprint density at radius 3 is 2.34 bits per heavy atom. The number of halogens is 3. The predicted molar refractivity (Wildman–Crippen MR) is 146 cm³/mol. The molecule has 3 aromatic rings. The molecule has 0 aromatic heterocycles. The molecule has 0 aliphatic rings. The lowest BCUT2D eigenvalue weighted by Gasteiger charge is -2.24. The fourth-order valence-electron chi connectivity index (χ4n) is 3.68. The molecule has 0 saturated carbocycles. The van der Waals surface area contributed by atoms with Crippen LogP contribution in [0, 0.1) is 5.82 Å². The van der Waals surface area contributed by atoms with Crippen molar-refractivity contribution in [1.82, 2.24) is 4.90 Å². The molecule has 202 valence electrons. The lowest BCUT2D eigenvalue weighted by atomic mass is 10.1. The molecule has 3 N–H and O–H groups in total. The number of aromatic hydroxyl groups is 1. The summed E-state index contributed by atoms with van der Waals surface area (Å²) in [5.41, 5.74) is 0.196. The first-order chi connectivity index (χ1) is 18.0. The van der Waals surface area contributed by atoms with Gasteiger partial charge in [0.15, 0.2) is 5.60 Å². The molecular weight excluding hydrogens is 534 g/mol. The number of aliphatic carboxylic acids is 1. The Bertz CT molecular complexity index is 1260. The number of hydrogen-bond acceptors (Lipinski definition) is 4. The van der Waals surface area contributed by atoms with E-state index in [1.807, 2.05) is 12.1 Å². The van der Waals surface area contributed by atoms with Crippen molar-refractivity contribution in [2.24, 2.45) is 0 Å². The van der Waals surface area contributed by atoms with Crippen LogP contribution in [0.5, 0.6) is 11.5 Å². The number of urea groups is 1. The minimum absolute atomic E-state index is 0.0198. The van der Waals surface area contributed by atoms with Gasteiger partial charge in [0.2, 0.25) is 0 Å². The number of carbonyl (C=O) groups is 2. The van der Waals surface area contributed by atoms with Gasteiger partial charge in [-0.05, 0) is 75.1 Å². The van der Waals surface area contributed by atoms with Crippen LogP contribution in [0.2, 0.25) is 10.0 Å². The highest BCUT2D eigenvalue weighted by atomic mass is 35.5. The number of benzene rings is 3. The number of amides is 2. The molecule has 2 amide bonds. The van der Waals surface area contributed by atoms with E-state index in [2.05, 4.69) is 5.32 Å². The van der Waals surface area contributed by atoms with Gasteiger partial charge in [-0.3, -0.25) is 0 Å². The van der Waals surface area contributed by atoms with Crippen molar-refractivity contribution in [2.75, 3.05) is 18.4 Å². The van der Waals surface area contributed by atoms with E-state index in [0.717, 1.165) is 5.56 Å². The Labute approximate surface area is 230 Å². The highest BCUT2D eigenvalue weighted by molar-refractivity contribution is 6.35. The first kappa shape index (κ1) is 29.1. The maximum atomic E-state index is 14.3. The maximum absolute atomic E-state index is 14.3. The summed E-state index contributed by atoms with van der Waals surface area (Å²) in [4.78, 5) is 25.9. The molecule has 0 aliphatic heterocycles. The third-order valence-corrected chi connectivity index (χ3v) is 6.66. The van der Waals surface area contributed by atoms with E-state index in [4.69, 9.17) is 27.9 Å². The van der Waals surface area contributed by atoms with Crippen molar-refractivity contribution < 1.29 is 28.9 Å². The van der Waals surface area contributed by atoms with Crippen LogP contribution in [-0.4, -0.2) is 45.8 Å². The third-order valence-electron chi connectivity index (χ3n) is 5.91. The highest BCUT2D eigenvalue weighted by Crippen LogP contribution is 2.31. The van der Waals surface area contributed by atoms with Crippen LogP contribution >= 0.6 is 23.2 Å². The Balaban J connectivity index is 1.67. The molecule has 0 atom stereocenters. The van der Waals surface area contributed by atoms with E-state index in [0.29, 0.717) is 30.7 Å². The normalized spacial score (nSPS) is 11.2. The van der Waals surface area contributed by atoms with Crippen molar-refractivity contribution in [1.29, 1.82) is 0 Å². The SMILES string of the molecule is CC(C)(Oc1ccc(CCCN(CCc2c(F)cccc2Cl)C(=O)Nc2cccc(O)c2Cl)cc1)C(=O)O. The summed E-state index contributed by atoms with van der Waals surface area (Å²) in [6.45, 7) is 3.49. The first-order valence-electron chi connectivity index (χ1n) is 12.0. The van der Waals surface area contributed by atoms with Crippen LogP contribution in [0.25, 0.3) is 0 Å². The van der Waals surface area contributed by atoms with Gasteiger partial charge in [0.25, 0.3) is 0 Å². The van der Waals surface area contributed by atoms with Gasteiger partial charge < -0.3 is 25.2 Å². The van der Waals surface area contributed by atoms with Crippen LogP contribution in [-0.2, 0) is 17.6 Å². The molecule has 38 heavy (non-hydrogen) atoms. The van der Waals surface area contributed by atoms with E-state index in [1.165, 1.54) is 36.9 Å². The van der Waals surface area contributed by atoms with E-state index in [9.17, 15) is 24.2 Å². The first-order valence-corrected chi connectivity index (χ1v) is 12.7. The van der Waals surface area contributed by atoms with Gasteiger partial charge in [0.05, 0.1) is 5.69 Å². The number of ether oxygens (including phenoxy) is 1. The van der Waals surface area contributed by atoms with E-state index < -0.39 is 23.4 Å². The van der Waals surface area contributed by atoms with Crippen molar-refractivity contribution >= 4 is 40.9 Å². The standard InChI is InChI=1S/C28H29Cl2FN2O5/c1-28(2,26(35)36)38-19-13-11-18(12-14-19)6-5-16-33(17-15-20-21(29)7-3-8-22(20)31)27(37)32-23-9-4-10-24(34)25(23)30/h3-4,7-14,34H,5-6,15-17H2,1-2H3,(H,32,37)(H,35,36). The van der Waals surface area contributed by atoms with E-state index in [1.54, 1.807) is 30.3 Å². The zero-order valence-electron chi connectivity index (χ0n) is 21.0. The van der Waals surface area contributed by atoms with Crippen molar-refractivity contribution in [3.05, 3.63) is 87.7 Å². The molecule has 0 heterocycles. The van der Waals surface area contributed by atoms with Gasteiger partial charge in [-0.25, -0.2) is 14.0 Å². The van der Waals surface area contributed by atoms with Crippen molar-refractivity contribution in [3.63, 3.8) is 0 Å². The van der Waals surface area contributed by atoms with Crippen LogP contribution < -0.4 is 10.1 Å². The Hall–Kier alpha value is -3.49. The van der Waals surface area contributed by atoms with E-state index in [-0.39, 0.29) is 34.4 Å². The molecule has 7 nitrogen and oxygen atoms in total. The lowest BCUT2D eigenvalue weighted by Crippen LogP contribution is -2.37. The van der Waals surface area contributed by atoms with Crippen LogP contribution in [0.1, 0.15) is 31.4 Å². The summed E-state index contributed by atoms with van der Waals surface area (Å²) in [6, 6.07) is 15.6. The molecule has 3 rings (SSSR count). The fourth-order valence-corrected chi connectivity index (χ4v) is 4.11. The number of nitrogens with one attached hydrogen (secondary N) is 1. The molecule has 0 radical (unpaired) electrons. The zero-order valence-corrected chi connectivity index (χ0v) is 22.5. The zero-order chi connectivity index (χ0) is 27.9. The molecule has 0 saturated heterocycles. The number of carboxylic acid groups (broad SMARTS) is 1. The minimum atomic E-state index is -1.35. The summed E-state index contributed by atoms with van der Waals surface area (Å²) in [5.74, 6) is -1.23. The summed E-state index contributed by atoms with van der Waals surface area (Å²) in [6.07, 6.45) is 1.42. The Kier molecular flexibility index (Phi) is 9.83. The molecule has 3 aromatic carbocycles. The second-order valence-electron chi connectivity index (χ2n) is 9.17. The van der Waals surface area contributed by atoms with Gasteiger partial charge in [-0.1, -0.05) is 47.5 Å². The molecule has 0 fully saturated rings. The van der Waals surface area contributed by atoms with Crippen molar-refractivity contribution in [2.45, 2.75) is 38.7 Å². The highest BCUT2D eigenvalue weighted by Gasteiger charge is 2.29. The number of phenolic OH excluding ortho intramolecular Hbond substituents is 1. The number of aryl methyl sites for hydroxylation is 1. The minimum Gasteiger partial charge on any atom is -0.506 e. The summed E-state index contributed by atoms with van der Waals surface area (Å²) in [5, 5.41) is 22.1. The second kappa shape index (κ2) is 12.8. The smallest absolute Gasteiger partial charge is 0.347 e. The number of carboxylic acids is 1.